The summed E-state index contributed by atoms with van der Waals surface area (Å²) in [5, 5.41) is 10.3. The van der Waals surface area contributed by atoms with Crippen molar-refractivity contribution in [3.05, 3.63) is 28.0 Å². The molecule has 1 atom stereocenters. The van der Waals surface area contributed by atoms with Crippen LogP contribution in [0.2, 0.25) is 10.3 Å². The van der Waals surface area contributed by atoms with Crippen molar-refractivity contribution in [2.75, 3.05) is 6.61 Å². The van der Waals surface area contributed by atoms with Crippen molar-refractivity contribution < 1.29 is 5.11 Å². The first-order chi connectivity index (χ1) is 6.91. The lowest BCUT2D eigenvalue weighted by atomic mass is 9.89. The average molecular weight is 246 g/mol. The summed E-state index contributed by atoms with van der Waals surface area (Å²) >= 11 is 11.7. The van der Waals surface area contributed by atoms with Crippen molar-refractivity contribution in [1.82, 2.24) is 4.98 Å². The van der Waals surface area contributed by atoms with Gasteiger partial charge in [-0.05, 0) is 29.5 Å². The van der Waals surface area contributed by atoms with E-state index in [1.54, 1.807) is 12.1 Å². The third-order valence-electron chi connectivity index (χ3n) is 3.50. The molecular weight excluding hydrogens is 233 g/mol. The van der Waals surface area contributed by atoms with Gasteiger partial charge in [-0.1, -0.05) is 37.0 Å². The Morgan fingerprint density at radius 3 is 2.13 bits per heavy atom. The van der Waals surface area contributed by atoms with Crippen molar-refractivity contribution in [2.24, 2.45) is 5.41 Å². The monoisotopic (exact) mass is 245 g/mol. The zero-order chi connectivity index (χ0) is 11.3. The number of rotatable bonds is 2. The van der Waals surface area contributed by atoms with E-state index in [1.165, 1.54) is 0 Å². The van der Waals surface area contributed by atoms with E-state index >= 15 is 0 Å². The zero-order valence-electron chi connectivity index (χ0n) is 8.72. The second kappa shape index (κ2) is 3.34. The fraction of sp³-hybridized carbons (Fsp3) is 0.545. The van der Waals surface area contributed by atoms with Gasteiger partial charge >= 0.3 is 0 Å². The number of aromatic nitrogens is 1. The van der Waals surface area contributed by atoms with Crippen LogP contribution in [-0.4, -0.2) is 16.7 Å². The summed E-state index contributed by atoms with van der Waals surface area (Å²) in [7, 11) is 0. The molecule has 2 rings (SSSR count). The van der Waals surface area contributed by atoms with Crippen molar-refractivity contribution in [3.63, 3.8) is 0 Å². The van der Waals surface area contributed by atoms with E-state index in [4.69, 9.17) is 23.2 Å². The maximum atomic E-state index is 9.52. The molecule has 1 heterocycles. The lowest BCUT2D eigenvalue weighted by Crippen LogP contribution is -2.19. The maximum Gasteiger partial charge on any atom is 0.131 e. The highest BCUT2D eigenvalue weighted by Crippen LogP contribution is 2.64. The van der Waals surface area contributed by atoms with Crippen LogP contribution in [-0.2, 0) is 5.41 Å². The fourth-order valence-corrected chi connectivity index (χ4v) is 2.77. The van der Waals surface area contributed by atoms with Gasteiger partial charge in [-0.3, -0.25) is 0 Å². The summed E-state index contributed by atoms with van der Waals surface area (Å²) in [5.74, 6) is 0. The molecule has 0 saturated heterocycles. The predicted octanol–water partition coefficient (Wildman–Crippen LogP) is 3.05. The quantitative estimate of drug-likeness (QED) is 0.813. The van der Waals surface area contributed by atoms with E-state index < -0.39 is 0 Å². The van der Waals surface area contributed by atoms with Crippen LogP contribution >= 0.6 is 23.2 Å². The molecule has 0 bridgehead atoms. The highest BCUT2D eigenvalue weighted by atomic mass is 35.5. The lowest BCUT2D eigenvalue weighted by molar-refractivity contribution is 0.231. The number of pyridine rings is 1. The molecule has 1 fully saturated rings. The average Bonchev–Trinajstić information content (AvgIpc) is 2.68. The number of aliphatic hydroxyl groups excluding tert-OH is 1. The maximum absolute atomic E-state index is 9.52. The van der Waals surface area contributed by atoms with E-state index in [1.807, 2.05) is 0 Å². The molecule has 0 aliphatic heterocycles. The van der Waals surface area contributed by atoms with Crippen LogP contribution in [0.1, 0.15) is 25.8 Å². The summed E-state index contributed by atoms with van der Waals surface area (Å²) in [5.41, 5.74) is 0.902. The minimum atomic E-state index is -0.191. The molecule has 0 amide bonds. The first-order valence-electron chi connectivity index (χ1n) is 4.86. The van der Waals surface area contributed by atoms with Crippen LogP contribution in [0, 0.1) is 5.41 Å². The Morgan fingerprint density at radius 1 is 1.33 bits per heavy atom. The Labute approximate surface area is 99.2 Å². The number of aliphatic hydroxyl groups is 1. The second-order valence-corrected chi connectivity index (χ2v) is 5.58. The van der Waals surface area contributed by atoms with E-state index in [-0.39, 0.29) is 17.4 Å². The van der Waals surface area contributed by atoms with Gasteiger partial charge in [0.2, 0.25) is 0 Å². The Bertz CT molecular complexity index is 385. The van der Waals surface area contributed by atoms with Gasteiger partial charge in [0.15, 0.2) is 0 Å². The smallest absolute Gasteiger partial charge is 0.131 e. The van der Waals surface area contributed by atoms with Gasteiger partial charge in [-0.15, -0.1) is 0 Å². The summed E-state index contributed by atoms with van der Waals surface area (Å²) < 4.78 is 0. The van der Waals surface area contributed by atoms with Gasteiger partial charge < -0.3 is 5.11 Å². The van der Waals surface area contributed by atoms with Crippen molar-refractivity contribution in [1.29, 1.82) is 0 Å². The SMILES string of the molecule is CC1(C)CC1(CO)c1cc(Cl)nc(Cl)c1. The largest absolute Gasteiger partial charge is 0.395 e. The Kier molecular flexibility index (Phi) is 2.49. The first-order valence-corrected chi connectivity index (χ1v) is 5.61. The molecule has 1 saturated carbocycles. The van der Waals surface area contributed by atoms with Crippen LogP contribution in [0.4, 0.5) is 0 Å². The van der Waals surface area contributed by atoms with E-state index in [2.05, 4.69) is 18.8 Å². The molecule has 15 heavy (non-hydrogen) atoms. The summed E-state index contributed by atoms with van der Waals surface area (Å²) in [4.78, 5) is 3.91. The molecule has 1 aromatic rings. The molecule has 0 spiro atoms. The van der Waals surface area contributed by atoms with Crippen molar-refractivity contribution >= 4 is 23.2 Å². The molecular formula is C11H13Cl2NO. The molecule has 82 valence electrons. The van der Waals surface area contributed by atoms with Crippen LogP contribution in [0.3, 0.4) is 0 Å². The topological polar surface area (TPSA) is 33.1 Å². The molecule has 1 unspecified atom stereocenters. The Balaban J connectivity index is 2.46. The molecule has 1 aromatic heterocycles. The lowest BCUT2D eigenvalue weighted by Gasteiger charge is -2.18. The third kappa shape index (κ3) is 1.65. The van der Waals surface area contributed by atoms with Gasteiger partial charge in [0.05, 0.1) is 6.61 Å². The highest BCUT2D eigenvalue weighted by Gasteiger charge is 2.61. The molecule has 1 aliphatic rings. The van der Waals surface area contributed by atoms with Crippen LogP contribution in [0.15, 0.2) is 12.1 Å². The van der Waals surface area contributed by atoms with Crippen LogP contribution in [0.5, 0.6) is 0 Å². The third-order valence-corrected chi connectivity index (χ3v) is 3.89. The van der Waals surface area contributed by atoms with Crippen molar-refractivity contribution in [3.8, 4) is 0 Å². The normalized spacial score (nSPS) is 27.8. The highest BCUT2D eigenvalue weighted by molar-refractivity contribution is 6.32. The number of halogens is 2. The van der Waals surface area contributed by atoms with Crippen LogP contribution in [0.25, 0.3) is 0 Å². The number of nitrogens with zero attached hydrogens (tertiary/aromatic N) is 1. The van der Waals surface area contributed by atoms with Gasteiger partial charge in [0.25, 0.3) is 0 Å². The van der Waals surface area contributed by atoms with E-state index in [9.17, 15) is 5.11 Å². The molecule has 4 heteroatoms. The predicted molar refractivity (Wildman–Crippen MR) is 61.4 cm³/mol. The number of hydrogen-bond acceptors (Lipinski definition) is 2. The first kappa shape index (κ1) is 11.2. The molecule has 0 radical (unpaired) electrons. The second-order valence-electron chi connectivity index (χ2n) is 4.80. The Morgan fingerprint density at radius 2 is 1.80 bits per heavy atom. The van der Waals surface area contributed by atoms with E-state index in [0.717, 1.165) is 12.0 Å². The van der Waals surface area contributed by atoms with Crippen molar-refractivity contribution in [2.45, 2.75) is 25.7 Å². The molecule has 0 aromatic carbocycles. The van der Waals surface area contributed by atoms with Gasteiger partial charge in [-0.25, -0.2) is 4.98 Å². The minimum absolute atomic E-state index is 0.107. The Hall–Kier alpha value is -0.310. The van der Waals surface area contributed by atoms with Gasteiger partial charge in [-0.2, -0.15) is 0 Å². The summed E-state index contributed by atoms with van der Waals surface area (Å²) in [6.07, 6.45) is 0.952. The van der Waals surface area contributed by atoms with Crippen LogP contribution < -0.4 is 0 Å². The molecule has 1 aliphatic carbocycles. The zero-order valence-corrected chi connectivity index (χ0v) is 10.2. The number of hydrogen-bond donors (Lipinski definition) is 1. The minimum Gasteiger partial charge on any atom is -0.395 e. The van der Waals surface area contributed by atoms with Gasteiger partial charge in [0.1, 0.15) is 10.3 Å². The van der Waals surface area contributed by atoms with E-state index in [0.29, 0.717) is 10.3 Å². The van der Waals surface area contributed by atoms with Gasteiger partial charge in [0, 0.05) is 5.41 Å². The fourth-order valence-electron chi connectivity index (χ4n) is 2.31. The summed E-state index contributed by atoms with van der Waals surface area (Å²) in [6.45, 7) is 4.38. The summed E-state index contributed by atoms with van der Waals surface area (Å²) in [6, 6.07) is 3.58. The molecule has 2 nitrogen and oxygen atoms in total. The molecule has 1 N–H and O–H groups in total. The standard InChI is InChI=1S/C11H13Cl2NO/c1-10(2)5-11(10,6-15)7-3-8(12)14-9(13)4-7/h3-4,15H,5-6H2,1-2H3.